The second kappa shape index (κ2) is 12.2. The molecule has 2 aromatic rings. The van der Waals surface area contributed by atoms with E-state index in [4.69, 9.17) is 4.99 Å². The van der Waals surface area contributed by atoms with Crippen molar-refractivity contribution in [1.29, 1.82) is 0 Å². The molecule has 0 aliphatic carbocycles. The summed E-state index contributed by atoms with van der Waals surface area (Å²) in [5, 5.41) is 18.3. The number of amides is 1. The van der Waals surface area contributed by atoms with Crippen molar-refractivity contribution in [2.24, 2.45) is 12.0 Å². The molecular weight excluding hydrogens is 404 g/mol. The van der Waals surface area contributed by atoms with Crippen LogP contribution in [-0.4, -0.2) is 63.8 Å². The normalized spacial score (nSPS) is 15.5. The summed E-state index contributed by atoms with van der Waals surface area (Å²) in [5.74, 6) is 2.63. The van der Waals surface area contributed by atoms with Crippen molar-refractivity contribution < 1.29 is 4.79 Å². The lowest BCUT2D eigenvalue weighted by molar-refractivity contribution is -0.122. The number of rotatable bonds is 9. The number of aliphatic imine (C=N–C) groups is 1. The maximum Gasteiger partial charge on any atom is 0.234 e. The average Bonchev–Trinajstić information content (AvgIpc) is 3.13. The highest BCUT2D eigenvalue weighted by Gasteiger charge is 2.21. The number of nitrogens with one attached hydrogen (secondary N) is 3. The smallest absolute Gasteiger partial charge is 0.234 e. The van der Waals surface area contributed by atoms with Crippen molar-refractivity contribution >= 4 is 11.9 Å². The third kappa shape index (κ3) is 7.33. The third-order valence-corrected chi connectivity index (χ3v) is 5.73. The summed E-state index contributed by atoms with van der Waals surface area (Å²) >= 11 is 0. The minimum absolute atomic E-state index is 0.115. The molecule has 3 N–H and O–H groups in total. The molecule has 0 radical (unpaired) electrons. The molecule has 0 atom stereocenters. The maximum absolute atomic E-state index is 12.0. The van der Waals surface area contributed by atoms with Gasteiger partial charge in [-0.05, 0) is 31.7 Å². The molecule has 32 heavy (non-hydrogen) atoms. The van der Waals surface area contributed by atoms with Crippen LogP contribution in [0.4, 0.5) is 0 Å². The van der Waals surface area contributed by atoms with Crippen molar-refractivity contribution in [3.8, 4) is 0 Å². The van der Waals surface area contributed by atoms with Gasteiger partial charge in [0.25, 0.3) is 0 Å². The van der Waals surface area contributed by atoms with E-state index in [1.54, 1.807) is 0 Å². The summed E-state index contributed by atoms with van der Waals surface area (Å²) < 4.78 is 1.98. The number of nitrogens with zero attached hydrogens (tertiary/aromatic N) is 5. The molecule has 0 saturated carbocycles. The Labute approximate surface area is 190 Å². The number of hydrogen-bond donors (Lipinski definition) is 3. The van der Waals surface area contributed by atoms with E-state index >= 15 is 0 Å². The standard InChI is InChI=1S/C23H36N8O/c1-4-12-24-22(32)17-31-13-10-20(11-14-31)27-23(25-15-19-8-6-5-7-9-19)26-16-21-29-28-18(2)30(21)3/h5-9,20H,4,10-17H2,1-3H3,(H,24,32)(H2,25,26,27). The van der Waals surface area contributed by atoms with E-state index in [1.807, 2.05) is 36.7 Å². The monoisotopic (exact) mass is 440 g/mol. The van der Waals surface area contributed by atoms with Crippen molar-refractivity contribution in [2.45, 2.75) is 52.2 Å². The molecular formula is C23H36N8O. The molecule has 174 valence electrons. The minimum Gasteiger partial charge on any atom is -0.355 e. The highest BCUT2D eigenvalue weighted by Crippen LogP contribution is 2.10. The van der Waals surface area contributed by atoms with Crippen LogP contribution in [-0.2, 0) is 24.9 Å². The summed E-state index contributed by atoms with van der Waals surface area (Å²) in [7, 11) is 1.97. The molecule has 0 spiro atoms. The van der Waals surface area contributed by atoms with Crippen molar-refractivity contribution in [3.05, 3.63) is 47.5 Å². The van der Waals surface area contributed by atoms with Crippen LogP contribution < -0.4 is 16.0 Å². The number of guanidine groups is 1. The van der Waals surface area contributed by atoms with Crippen LogP contribution in [0, 0.1) is 6.92 Å². The Morgan fingerprint density at radius 3 is 2.56 bits per heavy atom. The Balaban J connectivity index is 1.55. The zero-order valence-electron chi connectivity index (χ0n) is 19.5. The maximum atomic E-state index is 12.0. The molecule has 1 aromatic carbocycles. The average molecular weight is 441 g/mol. The molecule has 9 nitrogen and oxygen atoms in total. The fourth-order valence-electron chi connectivity index (χ4n) is 3.63. The summed E-state index contributed by atoms with van der Waals surface area (Å²) in [6.45, 7) is 8.17. The van der Waals surface area contributed by atoms with E-state index in [-0.39, 0.29) is 5.91 Å². The zero-order chi connectivity index (χ0) is 22.8. The lowest BCUT2D eigenvalue weighted by atomic mass is 10.1. The number of aromatic nitrogens is 3. The van der Waals surface area contributed by atoms with Crippen LogP contribution in [0.1, 0.15) is 43.4 Å². The number of benzene rings is 1. The van der Waals surface area contributed by atoms with Gasteiger partial charge < -0.3 is 20.5 Å². The van der Waals surface area contributed by atoms with Crippen molar-refractivity contribution in [1.82, 2.24) is 35.6 Å². The topological polar surface area (TPSA) is 99.5 Å². The second-order valence-corrected chi connectivity index (χ2v) is 8.27. The van der Waals surface area contributed by atoms with E-state index < -0.39 is 0 Å². The van der Waals surface area contributed by atoms with Crippen molar-refractivity contribution in [3.63, 3.8) is 0 Å². The van der Waals surface area contributed by atoms with Gasteiger partial charge in [0.05, 0.1) is 19.6 Å². The Kier molecular flexibility index (Phi) is 9.03. The molecule has 1 aromatic heterocycles. The lowest BCUT2D eigenvalue weighted by Gasteiger charge is -2.32. The van der Waals surface area contributed by atoms with Crippen LogP contribution in [0.5, 0.6) is 0 Å². The van der Waals surface area contributed by atoms with Gasteiger partial charge in [-0.2, -0.15) is 0 Å². The molecule has 1 fully saturated rings. The number of aryl methyl sites for hydroxylation is 1. The predicted octanol–water partition coefficient (Wildman–Crippen LogP) is 1.35. The molecule has 3 rings (SSSR count). The summed E-state index contributed by atoms with van der Waals surface area (Å²) in [5.41, 5.74) is 1.16. The van der Waals surface area contributed by atoms with Gasteiger partial charge in [0, 0.05) is 32.7 Å². The minimum atomic E-state index is 0.115. The zero-order valence-corrected chi connectivity index (χ0v) is 19.5. The van der Waals surface area contributed by atoms with Crippen LogP contribution >= 0.6 is 0 Å². The van der Waals surface area contributed by atoms with Gasteiger partial charge in [0.1, 0.15) is 5.82 Å². The van der Waals surface area contributed by atoms with Gasteiger partial charge in [0.15, 0.2) is 11.8 Å². The fraction of sp³-hybridized carbons (Fsp3) is 0.565. The van der Waals surface area contributed by atoms with Gasteiger partial charge >= 0.3 is 0 Å². The Morgan fingerprint density at radius 2 is 1.91 bits per heavy atom. The van der Waals surface area contributed by atoms with Gasteiger partial charge in [-0.15, -0.1) is 10.2 Å². The number of hydrogen-bond acceptors (Lipinski definition) is 5. The molecule has 1 saturated heterocycles. The Morgan fingerprint density at radius 1 is 1.16 bits per heavy atom. The highest BCUT2D eigenvalue weighted by molar-refractivity contribution is 5.80. The molecule has 0 bridgehead atoms. The van der Waals surface area contributed by atoms with Gasteiger partial charge in [-0.25, -0.2) is 4.99 Å². The highest BCUT2D eigenvalue weighted by atomic mass is 16.2. The van der Waals surface area contributed by atoms with E-state index in [1.165, 1.54) is 0 Å². The Bertz CT molecular complexity index is 871. The van der Waals surface area contributed by atoms with E-state index in [9.17, 15) is 4.79 Å². The third-order valence-electron chi connectivity index (χ3n) is 5.73. The first-order valence-corrected chi connectivity index (χ1v) is 11.5. The van der Waals surface area contributed by atoms with Crippen LogP contribution in [0.25, 0.3) is 0 Å². The molecule has 1 amide bonds. The van der Waals surface area contributed by atoms with Gasteiger partial charge in [-0.1, -0.05) is 37.3 Å². The van der Waals surface area contributed by atoms with E-state index in [0.29, 0.717) is 25.7 Å². The van der Waals surface area contributed by atoms with Gasteiger partial charge in [-0.3, -0.25) is 9.69 Å². The first kappa shape index (κ1) is 23.7. The van der Waals surface area contributed by atoms with E-state index in [2.05, 4.69) is 50.1 Å². The predicted molar refractivity (Wildman–Crippen MR) is 126 cm³/mol. The Hall–Kier alpha value is -2.94. The summed E-state index contributed by atoms with van der Waals surface area (Å²) in [4.78, 5) is 19.0. The number of likely N-dealkylation sites (tertiary alicyclic amines) is 1. The van der Waals surface area contributed by atoms with Gasteiger partial charge in [0.2, 0.25) is 5.91 Å². The first-order valence-electron chi connectivity index (χ1n) is 11.5. The fourth-order valence-corrected chi connectivity index (χ4v) is 3.63. The number of carbonyl (C=O) groups is 1. The molecule has 9 heteroatoms. The molecule has 0 unspecified atom stereocenters. The van der Waals surface area contributed by atoms with Crippen LogP contribution in [0.15, 0.2) is 35.3 Å². The molecule has 1 aliphatic heterocycles. The van der Waals surface area contributed by atoms with Crippen LogP contribution in [0.3, 0.4) is 0 Å². The largest absolute Gasteiger partial charge is 0.355 e. The van der Waals surface area contributed by atoms with Crippen LogP contribution in [0.2, 0.25) is 0 Å². The lowest BCUT2D eigenvalue weighted by Crippen LogP contribution is -2.50. The summed E-state index contributed by atoms with van der Waals surface area (Å²) in [6, 6.07) is 10.5. The molecule has 2 heterocycles. The quantitative estimate of drug-likeness (QED) is 0.402. The first-order chi connectivity index (χ1) is 15.5. The van der Waals surface area contributed by atoms with E-state index in [0.717, 1.165) is 62.1 Å². The molecule has 1 aliphatic rings. The van der Waals surface area contributed by atoms with Crippen molar-refractivity contribution in [2.75, 3.05) is 26.2 Å². The summed E-state index contributed by atoms with van der Waals surface area (Å²) in [6.07, 6.45) is 2.90. The number of carbonyl (C=O) groups excluding carboxylic acids is 1. The SMILES string of the molecule is CCCNC(=O)CN1CCC(NC(=NCc2ccccc2)NCc2nnc(C)n2C)CC1. The number of piperidine rings is 1. The second-order valence-electron chi connectivity index (χ2n) is 8.27.